The largest absolute Gasteiger partial charge is 0.435 e. The molecule has 1 unspecified atom stereocenters. The van der Waals surface area contributed by atoms with Gasteiger partial charge in [0.1, 0.15) is 5.75 Å². The van der Waals surface area contributed by atoms with Crippen LogP contribution in [-0.4, -0.2) is 6.61 Å². The maximum absolute atomic E-state index is 12.2. The summed E-state index contributed by atoms with van der Waals surface area (Å²) in [6, 6.07) is 11.9. The van der Waals surface area contributed by atoms with Gasteiger partial charge >= 0.3 is 6.61 Å². The van der Waals surface area contributed by atoms with Crippen LogP contribution in [0.3, 0.4) is 0 Å². The van der Waals surface area contributed by atoms with Crippen molar-refractivity contribution in [2.24, 2.45) is 0 Å². The van der Waals surface area contributed by atoms with Crippen LogP contribution in [0, 0.1) is 0 Å². The zero-order valence-corrected chi connectivity index (χ0v) is 13.5. The van der Waals surface area contributed by atoms with E-state index in [-0.39, 0.29) is 11.8 Å². The third kappa shape index (κ3) is 4.58. The highest BCUT2D eigenvalue weighted by atomic mass is 79.9. The van der Waals surface area contributed by atoms with Gasteiger partial charge in [0.25, 0.3) is 0 Å². The van der Waals surface area contributed by atoms with Crippen molar-refractivity contribution in [2.45, 2.75) is 19.6 Å². The van der Waals surface area contributed by atoms with Crippen LogP contribution in [0.2, 0.25) is 5.02 Å². The first-order chi connectivity index (χ1) is 9.95. The average molecular weight is 377 g/mol. The zero-order valence-electron chi connectivity index (χ0n) is 11.1. The van der Waals surface area contributed by atoms with Crippen molar-refractivity contribution >= 4 is 33.2 Å². The summed E-state index contributed by atoms with van der Waals surface area (Å²) < 4.78 is 29.8. The molecule has 1 N–H and O–H groups in total. The molecule has 2 aromatic carbocycles. The van der Waals surface area contributed by atoms with Gasteiger partial charge in [-0.25, -0.2) is 0 Å². The Morgan fingerprint density at radius 2 is 1.95 bits per heavy atom. The van der Waals surface area contributed by atoms with Crippen molar-refractivity contribution in [3.05, 3.63) is 57.5 Å². The van der Waals surface area contributed by atoms with E-state index >= 15 is 0 Å². The van der Waals surface area contributed by atoms with Crippen molar-refractivity contribution in [1.29, 1.82) is 0 Å². The molecular formula is C15H13BrClF2NO. The van der Waals surface area contributed by atoms with E-state index in [4.69, 9.17) is 11.6 Å². The van der Waals surface area contributed by atoms with Crippen LogP contribution in [0.15, 0.2) is 46.9 Å². The summed E-state index contributed by atoms with van der Waals surface area (Å²) in [5.74, 6) is 0.140. The number of halogens is 4. The number of nitrogens with one attached hydrogen (secondary N) is 1. The number of hydrogen-bond donors (Lipinski definition) is 1. The van der Waals surface area contributed by atoms with Crippen LogP contribution in [0.1, 0.15) is 18.5 Å². The molecule has 2 rings (SSSR count). The van der Waals surface area contributed by atoms with E-state index in [1.165, 1.54) is 6.07 Å². The molecule has 0 amide bonds. The van der Waals surface area contributed by atoms with Crippen molar-refractivity contribution < 1.29 is 13.5 Å². The summed E-state index contributed by atoms with van der Waals surface area (Å²) in [5, 5.41) is 3.89. The number of alkyl halides is 2. The van der Waals surface area contributed by atoms with Crippen LogP contribution in [-0.2, 0) is 0 Å². The molecule has 0 aliphatic heterocycles. The highest BCUT2D eigenvalue weighted by molar-refractivity contribution is 9.10. The Kier molecular flexibility index (Phi) is 5.42. The van der Waals surface area contributed by atoms with E-state index < -0.39 is 6.61 Å². The van der Waals surface area contributed by atoms with E-state index in [1.807, 2.05) is 19.1 Å². The van der Waals surface area contributed by atoms with Crippen LogP contribution >= 0.6 is 27.5 Å². The molecule has 2 aromatic rings. The minimum atomic E-state index is -2.83. The maximum Gasteiger partial charge on any atom is 0.387 e. The van der Waals surface area contributed by atoms with Gasteiger partial charge in [0.15, 0.2) is 0 Å². The first kappa shape index (κ1) is 16.0. The van der Waals surface area contributed by atoms with Crippen molar-refractivity contribution in [1.82, 2.24) is 0 Å². The molecule has 2 nitrogen and oxygen atoms in total. The van der Waals surface area contributed by atoms with Gasteiger partial charge in [-0.05, 0) is 58.7 Å². The minimum Gasteiger partial charge on any atom is -0.435 e. The van der Waals surface area contributed by atoms with Crippen LogP contribution in [0.5, 0.6) is 5.75 Å². The summed E-state index contributed by atoms with van der Waals surface area (Å²) in [6.07, 6.45) is 0. The second kappa shape index (κ2) is 7.09. The molecule has 1 atom stereocenters. The van der Waals surface area contributed by atoms with Crippen molar-refractivity contribution in [3.8, 4) is 5.75 Å². The first-order valence-electron chi connectivity index (χ1n) is 6.22. The fraction of sp³-hybridized carbons (Fsp3) is 0.200. The molecule has 0 aliphatic rings. The van der Waals surface area contributed by atoms with Gasteiger partial charge in [-0.2, -0.15) is 8.78 Å². The van der Waals surface area contributed by atoms with Crippen molar-refractivity contribution in [3.63, 3.8) is 0 Å². The van der Waals surface area contributed by atoms with E-state index in [2.05, 4.69) is 26.0 Å². The number of hydrogen-bond acceptors (Lipinski definition) is 2. The SMILES string of the molecule is CC(Nc1cc(Cl)ccc1Br)c1cccc(OC(F)F)c1. The lowest BCUT2D eigenvalue weighted by molar-refractivity contribution is -0.0498. The second-order valence-electron chi connectivity index (χ2n) is 4.44. The summed E-state index contributed by atoms with van der Waals surface area (Å²) in [7, 11) is 0. The van der Waals surface area contributed by atoms with Crippen LogP contribution < -0.4 is 10.1 Å². The summed E-state index contributed by atoms with van der Waals surface area (Å²) in [5.41, 5.74) is 1.66. The monoisotopic (exact) mass is 375 g/mol. The second-order valence-corrected chi connectivity index (χ2v) is 5.73. The van der Waals surface area contributed by atoms with E-state index in [0.717, 1.165) is 15.7 Å². The van der Waals surface area contributed by atoms with Crippen LogP contribution in [0.25, 0.3) is 0 Å². The van der Waals surface area contributed by atoms with E-state index in [0.29, 0.717) is 5.02 Å². The average Bonchev–Trinajstić information content (AvgIpc) is 2.42. The number of anilines is 1. The van der Waals surface area contributed by atoms with Gasteiger partial charge < -0.3 is 10.1 Å². The minimum absolute atomic E-state index is 0.0963. The molecule has 0 saturated heterocycles. The maximum atomic E-state index is 12.2. The molecule has 6 heteroatoms. The van der Waals surface area contributed by atoms with E-state index in [1.54, 1.807) is 24.3 Å². The topological polar surface area (TPSA) is 21.3 Å². The standard InChI is InChI=1S/C15H13BrClF2NO/c1-9(20-14-8-11(17)5-6-13(14)16)10-3-2-4-12(7-10)21-15(18)19/h2-9,15,20H,1H3. The first-order valence-corrected chi connectivity index (χ1v) is 7.39. The molecule has 0 bridgehead atoms. The van der Waals surface area contributed by atoms with Gasteiger partial charge in [-0.3, -0.25) is 0 Å². The Labute approximate surface area is 135 Å². The molecule has 0 aliphatic carbocycles. The Balaban J connectivity index is 2.16. The van der Waals surface area contributed by atoms with Gasteiger partial charge in [0.05, 0.1) is 5.69 Å². The zero-order chi connectivity index (χ0) is 15.4. The molecule has 112 valence electrons. The van der Waals surface area contributed by atoms with Gasteiger partial charge in [0, 0.05) is 15.5 Å². The lowest BCUT2D eigenvalue weighted by Gasteiger charge is -2.18. The highest BCUT2D eigenvalue weighted by Gasteiger charge is 2.10. The van der Waals surface area contributed by atoms with Gasteiger partial charge in [-0.15, -0.1) is 0 Å². The van der Waals surface area contributed by atoms with Gasteiger partial charge in [0.2, 0.25) is 0 Å². The summed E-state index contributed by atoms with van der Waals surface area (Å²) in [4.78, 5) is 0. The predicted molar refractivity (Wildman–Crippen MR) is 84.3 cm³/mol. The number of rotatable bonds is 5. The normalized spacial score (nSPS) is 12.3. The lowest BCUT2D eigenvalue weighted by atomic mass is 10.1. The quantitative estimate of drug-likeness (QED) is 0.704. The number of benzene rings is 2. The molecule has 0 fully saturated rings. The highest BCUT2D eigenvalue weighted by Crippen LogP contribution is 2.30. The Bertz CT molecular complexity index is 624. The van der Waals surface area contributed by atoms with Crippen molar-refractivity contribution in [2.75, 3.05) is 5.32 Å². The Hall–Kier alpha value is -1.33. The fourth-order valence-corrected chi connectivity index (χ4v) is 2.42. The number of ether oxygens (including phenoxy) is 1. The molecule has 0 radical (unpaired) electrons. The molecule has 0 heterocycles. The lowest BCUT2D eigenvalue weighted by Crippen LogP contribution is -2.08. The molecule has 21 heavy (non-hydrogen) atoms. The van der Waals surface area contributed by atoms with Gasteiger partial charge in [-0.1, -0.05) is 23.7 Å². The summed E-state index contributed by atoms with van der Waals surface area (Å²) in [6.45, 7) is -0.903. The molecule has 0 spiro atoms. The fourth-order valence-electron chi connectivity index (χ4n) is 1.88. The molecule has 0 aromatic heterocycles. The Morgan fingerprint density at radius 3 is 2.67 bits per heavy atom. The Morgan fingerprint density at radius 1 is 1.19 bits per heavy atom. The molecule has 0 saturated carbocycles. The third-order valence-corrected chi connectivity index (χ3v) is 3.81. The smallest absolute Gasteiger partial charge is 0.387 e. The summed E-state index contributed by atoms with van der Waals surface area (Å²) >= 11 is 9.40. The third-order valence-electron chi connectivity index (χ3n) is 2.88. The van der Waals surface area contributed by atoms with E-state index in [9.17, 15) is 8.78 Å². The predicted octanol–water partition coefficient (Wildman–Crippen LogP) is 5.88. The molecular weight excluding hydrogens is 364 g/mol. The van der Waals surface area contributed by atoms with Crippen LogP contribution in [0.4, 0.5) is 14.5 Å².